The Labute approximate surface area is 89.1 Å². The molecule has 0 amide bonds. The molecule has 0 bridgehead atoms. The van der Waals surface area contributed by atoms with Gasteiger partial charge in [-0.25, -0.2) is 0 Å². The summed E-state index contributed by atoms with van der Waals surface area (Å²) in [7, 11) is 0. The van der Waals surface area contributed by atoms with Crippen molar-refractivity contribution in [3.63, 3.8) is 0 Å². The van der Waals surface area contributed by atoms with Crippen LogP contribution in [0.3, 0.4) is 0 Å². The number of nitrogens with one attached hydrogen (secondary N) is 1. The molecule has 0 saturated heterocycles. The number of hydrogen-bond donors (Lipinski definition) is 1. The van der Waals surface area contributed by atoms with Crippen LogP contribution >= 0.6 is 0 Å². The van der Waals surface area contributed by atoms with Gasteiger partial charge in [0, 0.05) is 12.6 Å². The van der Waals surface area contributed by atoms with Gasteiger partial charge >= 0.3 is 0 Å². The normalized spacial score (nSPS) is 18.9. The van der Waals surface area contributed by atoms with E-state index >= 15 is 0 Å². The first-order valence-electron chi connectivity index (χ1n) is 6.22. The van der Waals surface area contributed by atoms with Gasteiger partial charge < -0.3 is 10.2 Å². The van der Waals surface area contributed by atoms with Gasteiger partial charge in [0.25, 0.3) is 0 Å². The summed E-state index contributed by atoms with van der Waals surface area (Å²) >= 11 is 0. The molecule has 1 fully saturated rings. The predicted molar refractivity (Wildman–Crippen MR) is 62.6 cm³/mol. The summed E-state index contributed by atoms with van der Waals surface area (Å²) in [6.07, 6.45) is 4.11. The third kappa shape index (κ3) is 4.43. The first kappa shape index (κ1) is 12.0. The van der Waals surface area contributed by atoms with E-state index in [1.807, 2.05) is 0 Å². The predicted octanol–water partition coefficient (Wildman–Crippen LogP) is 2.11. The lowest BCUT2D eigenvalue weighted by Gasteiger charge is -2.24. The molecule has 14 heavy (non-hydrogen) atoms. The van der Waals surface area contributed by atoms with Crippen molar-refractivity contribution in [2.24, 2.45) is 5.92 Å². The molecule has 0 aromatic heterocycles. The Hall–Kier alpha value is -0.0800. The van der Waals surface area contributed by atoms with E-state index in [9.17, 15) is 0 Å². The molecule has 1 atom stereocenters. The fourth-order valence-corrected chi connectivity index (χ4v) is 1.97. The van der Waals surface area contributed by atoms with Crippen LogP contribution in [0.15, 0.2) is 0 Å². The largest absolute Gasteiger partial charge is 0.316 e. The van der Waals surface area contributed by atoms with Crippen molar-refractivity contribution >= 4 is 0 Å². The van der Waals surface area contributed by atoms with Crippen LogP contribution in [-0.4, -0.2) is 37.1 Å². The van der Waals surface area contributed by atoms with Crippen molar-refractivity contribution in [1.82, 2.24) is 10.2 Å². The van der Waals surface area contributed by atoms with Gasteiger partial charge in [0.05, 0.1) is 0 Å². The van der Waals surface area contributed by atoms with Crippen molar-refractivity contribution < 1.29 is 0 Å². The first-order valence-corrected chi connectivity index (χ1v) is 6.22. The van der Waals surface area contributed by atoms with Crippen LogP contribution < -0.4 is 5.32 Å². The van der Waals surface area contributed by atoms with Gasteiger partial charge in [-0.1, -0.05) is 20.8 Å². The van der Waals surface area contributed by atoms with Gasteiger partial charge in [-0.05, 0) is 44.8 Å². The third-order valence-electron chi connectivity index (χ3n) is 2.94. The zero-order valence-corrected chi connectivity index (χ0v) is 10.1. The fraction of sp³-hybridized carbons (Fsp3) is 1.00. The monoisotopic (exact) mass is 198 g/mol. The van der Waals surface area contributed by atoms with Gasteiger partial charge in [0.1, 0.15) is 0 Å². The highest BCUT2D eigenvalue weighted by Crippen LogP contribution is 2.26. The molecule has 1 aliphatic carbocycles. The standard InChI is InChI=1S/C12H26N2/c1-4-8-13-9-11(3)10-14(5-2)12-6-7-12/h11-13H,4-10H2,1-3H3. The minimum atomic E-state index is 0.794. The topological polar surface area (TPSA) is 15.3 Å². The highest BCUT2D eigenvalue weighted by Gasteiger charge is 2.28. The molecule has 84 valence electrons. The Morgan fingerprint density at radius 2 is 2.07 bits per heavy atom. The van der Waals surface area contributed by atoms with Crippen molar-refractivity contribution in [1.29, 1.82) is 0 Å². The molecule has 0 aliphatic heterocycles. The average Bonchev–Trinajstić information content (AvgIpc) is 2.98. The second kappa shape index (κ2) is 6.41. The number of rotatable bonds is 8. The maximum atomic E-state index is 3.50. The van der Waals surface area contributed by atoms with Gasteiger partial charge in [-0.3, -0.25) is 0 Å². The molecule has 1 saturated carbocycles. The zero-order valence-electron chi connectivity index (χ0n) is 10.1. The van der Waals surface area contributed by atoms with E-state index in [1.165, 1.54) is 45.4 Å². The van der Waals surface area contributed by atoms with Crippen LogP contribution in [0.1, 0.15) is 40.0 Å². The molecule has 0 aromatic rings. The van der Waals surface area contributed by atoms with Gasteiger partial charge in [-0.15, -0.1) is 0 Å². The van der Waals surface area contributed by atoms with Crippen LogP contribution in [-0.2, 0) is 0 Å². The van der Waals surface area contributed by atoms with Crippen LogP contribution in [0.25, 0.3) is 0 Å². The summed E-state index contributed by atoms with van der Waals surface area (Å²) in [4.78, 5) is 2.64. The lowest BCUT2D eigenvalue weighted by atomic mass is 10.1. The summed E-state index contributed by atoms with van der Waals surface area (Å²) in [5, 5.41) is 3.50. The summed E-state index contributed by atoms with van der Waals surface area (Å²) < 4.78 is 0. The van der Waals surface area contributed by atoms with Crippen molar-refractivity contribution in [2.75, 3.05) is 26.2 Å². The van der Waals surface area contributed by atoms with Gasteiger partial charge in [0.2, 0.25) is 0 Å². The first-order chi connectivity index (χ1) is 6.77. The quantitative estimate of drug-likeness (QED) is 0.601. The molecule has 2 heteroatoms. The van der Waals surface area contributed by atoms with E-state index in [2.05, 4.69) is 31.0 Å². The SMILES string of the molecule is CCCNCC(C)CN(CC)C1CC1. The second-order valence-electron chi connectivity index (χ2n) is 4.63. The Morgan fingerprint density at radius 3 is 2.57 bits per heavy atom. The van der Waals surface area contributed by atoms with Crippen LogP contribution in [0.2, 0.25) is 0 Å². The molecule has 1 unspecified atom stereocenters. The van der Waals surface area contributed by atoms with E-state index < -0.39 is 0 Å². The molecule has 0 radical (unpaired) electrons. The number of hydrogen-bond acceptors (Lipinski definition) is 2. The maximum absolute atomic E-state index is 3.50. The maximum Gasteiger partial charge on any atom is 0.00964 e. The van der Waals surface area contributed by atoms with Crippen LogP contribution in [0.4, 0.5) is 0 Å². The van der Waals surface area contributed by atoms with Crippen LogP contribution in [0.5, 0.6) is 0 Å². The Balaban J connectivity index is 2.07. The van der Waals surface area contributed by atoms with Gasteiger partial charge in [0.15, 0.2) is 0 Å². The summed E-state index contributed by atoms with van der Waals surface area (Å²) in [5.74, 6) is 0.794. The molecule has 1 aliphatic rings. The fourth-order valence-electron chi connectivity index (χ4n) is 1.97. The molecule has 0 aromatic carbocycles. The van der Waals surface area contributed by atoms with E-state index in [4.69, 9.17) is 0 Å². The molecule has 1 N–H and O–H groups in total. The molecular weight excluding hydrogens is 172 g/mol. The summed E-state index contributed by atoms with van der Waals surface area (Å²) in [6.45, 7) is 11.7. The average molecular weight is 198 g/mol. The van der Waals surface area contributed by atoms with Crippen molar-refractivity contribution in [3.05, 3.63) is 0 Å². The summed E-state index contributed by atoms with van der Waals surface area (Å²) in [6, 6.07) is 0.925. The zero-order chi connectivity index (χ0) is 10.4. The van der Waals surface area contributed by atoms with E-state index in [0.29, 0.717) is 0 Å². The van der Waals surface area contributed by atoms with E-state index in [0.717, 1.165) is 12.0 Å². The summed E-state index contributed by atoms with van der Waals surface area (Å²) in [5.41, 5.74) is 0. The Morgan fingerprint density at radius 1 is 1.36 bits per heavy atom. The molecule has 0 spiro atoms. The van der Waals surface area contributed by atoms with Crippen LogP contribution in [0, 0.1) is 5.92 Å². The third-order valence-corrected chi connectivity index (χ3v) is 2.94. The van der Waals surface area contributed by atoms with E-state index in [-0.39, 0.29) is 0 Å². The molecular formula is C12H26N2. The molecule has 0 heterocycles. The molecule has 2 nitrogen and oxygen atoms in total. The second-order valence-corrected chi connectivity index (χ2v) is 4.63. The lowest BCUT2D eigenvalue weighted by molar-refractivity contribution is 0.236. The van der Waals surface area contributed by atoms with E-state index in [1.54, 1.807) is 0 Å². The minimum absolute atomic E-state index is 0.794. The highest BCUT2D eigenvalue weighted by atomic mass is 15.2. The Bertz CT molecular complexity index is 143. The minimum Gasteiger partial charge on any atom is -0.316 e. The van der Waals surface area contributed by atoms with Crippen molar-refractivity contribution in [2.45, 2.75) is 46.1 Å². The smallest absolute Gasteiger partial charge is 0.00964 e. The number of nitrogens with zero attached hydrogens (tertiary/aromatic N) is 1. The van der Waals surface area contributed by atoms with Crippen molar-refractivity contribution in [3.8, 4) is 0 Å². The lowest BCUT2D eigenvalue weighted by Crippen LogP contribution is -2.34. The van der Waals surface area contributed by atoms with Gasteiger partial charge in [-0.2, -0.15) is 0 Å². The Kier molecular flexibility index (Phi) is 5.49. The highest BCUT2D eigenvalue weighted by molar-refractivity contribution is 4.84. The molecule has 1 rings (SSSR count).